The molecule has 1 aliphatic rings. The van der Waals surface area contributed by atoms with Gasteiger partial charge in [-0.15, -0.1) is 0 Å². The van der Waals surface area contributed by atoms with Crippen molar-refractivity contribution in [2.75, 3.05) is 13.2 Å². The highest BCUT2D eigenvalue weighted by Gasteiger charge is 2.22. The number of esters is 3. The monoisotopic (exact) mass is 383 g/mol. The Kier molecular flexibility index (Phi) is 6.39. The zero-order valence-electron chi connectivity index (χ0n) is 15.5. The lowest BCUT2D eigenvalue weighted by atomic mass is 10.2. The lowest BCUT2D eigenvalue weighted by Crippen LogP contribution is -2.28. The number of rotatable bonds is 6. The second kappa shape index (κ2) is 9.14. The number of benzene rings is 2. The van der Waals surface area contributed by atoms with Crippen molar-refractivity contribution in [3.05, 3.63) is 59.7 Å². The van der Waals surface area contributed by atoms with Crippen LogP contribution in [-0.4, -0.2) is 37.1 Å². The fourth-order valence-electron chi connectivity index (χ4n) is 2.91. The minimum absolute atomic E-state index is 0.0782. The predicted octanol–water partition coefficient (Wildman–Crippen LogP) is 2.74. The molecule has 146 valence electrons. The summed E-state index contributed by atoms with van der Waals surface area (Å²) in [5.74, 6) is -1.69. The molecule has 0 aliphatic carbocycles. The van der Waals surface area contributed by atoms with Crippen molar-refractivity contribution in [3.8, 4) is 11.5 Å². The van der Waals surface area contributed by atoms with E-state index < -0.39 is 17.9 Å². The molecule has 0 amide bonds. The van der Waals surface area contributed by atoms with E-state index in [4.69, 9.17) is 14.2 Å². The molecule has 28 heavy (non-hydrogen) atoms. The lowest BCUT2D eigenvalue weighted by Gasteiger charge is -2.13. The maximum absolute atomic E-state index is 12.6. The Hall–Kier alpha value is -3.19. The first-order valence-electron chi connectivity index (χ1n) is 9.04. The molecule has 2 aromatic rings. The third-order valence-electron chi connectivity index (χ3n) is 4.25. The number of ether oxygens (including phenoxy) is 3. The Balaban J connectivity index is 1.73. The van der Waals surface area contributed by atoms with Crippen LogP contribution in [-0.2, 0) is 9.53 Å². The predicted molar refractivity (Wildman–Crippen MR) is 100 cm³/mol. The first kappa shape index (κ1) is 19.6. The van der Waals surface area contributed by atoms with E-state index in [1.165, 1.54) is 31.2 Å². The third kappa shape index (κ3) is 4.95. The second-order valence-corrected chi connectivity index (χ2v) is 6.37. The average molecular weight is 383 g/mol. The van der Waals surface area contributed by atoms with Crippen LogP contribution in [0.15, 0.2) is 48.5 Å². The van der Waals surface area contributed by atoms with Gasteiger partial charge < -0.3 is 19.5 Å². The van der Waals surface area contributed by atoms with Crippen LogP contribution in [0.25, 0.3) is 0 Å². The van der Waals surface area contributed by atoms with Gasteiger partial charge in [-0.1, -0.05) is 24.3 Å². The van der Waals surface area contributed by atoms with Crippen molar-refractivity contribution in [2.45, 2.75) is 25.8 Å². The molecule has 1 N–H and O–H groups in total. The highest BCUT2D eigenvalue weighted by Crippen LogP contribution is 2.24. The van der Waals surface area contributed by atoms with Crippen molar-refractivity contribution in [3.63, 3.8) is 0 Å². The molecule has 0 spiro atoms. The Labute approximate surface area is 162 Å². The first-order valence-corrected chi connectivity index (χ1v) is 9.04. The summed E-state index contributed by atoms with van der Waals surface area (Å²) in [6.07, 6.45) is 2.01. The van der Waals surface area contributed by atoms with Gasteiger partial charge in [0, 0.05) is 13.0 Å². The van der Waals surface area contributed by atoms with E-state index in [9.17, 15) is 14.4 Å². The topological polar surface area (TPSA) is 90.9 Å². The van der Waals surface area contributed by atoms with Crippen LogP contribution >= 0.6 is 0 Å². The summed E-state index contributed by atoms with van der Waals surface area (Å²) >= 11 is 0. The smallest absolute Gasteiger partial charge is 0.347 e. The quantitative estimate of drug-likeness (QED) is 0.606. The summed E-state index contributed by atoms with van der Waals surface area (Å²) in [5, 5.41) is 3.25. The Morgan fingerprint density at radius 1 is 0.929 bits per heavy atom. The Morgan fingerprint density at radius 2 is 1.54 bits per heavy atom. The lowest BCUT2D eigenvalue weighted by molar-refractivity contribution is -0.131. The number of hydrogen-bond acceptors (Lipinski definition) is 7. The molecule has 3 rings (SSSR count). The maximum atomic E-state index is 12.6. The van der Waals surface area contributed by atoms with Crippen molar-refractivity contribution >= 4 is 17.9 Å². The van der Waals surface area contributed by atoms with Crippen LogP contribution in [0.4, 0.5) is 0 Å². The molecule has 1 unspecified atom stereocenters. The van der Waals surface area contributed by atoms with Crippen LogP contribution in [0.3, 0.4) is 0 Å². The largest absolute Gasteiger partial charge is 0.460 e. The van der Waals surface area contributed by atoms with Gasteiger partial charge in [-0.2, -0.15) is 0 Å². The van der Waals surface area contributed by atoms with E-state index in [2.05, 4.69) is 5.32 Å². The molecule has 0 bridgehead atoms. The number of para-hydroxylation sites is 2. The second-order valence-electron chi connectivity index (χ2n) is 6.37. The van der Waals surface area contributed by atoms with E-state index in [1.54, 1.807) is 24.3 Å². The maximum Gasteiger partial charge on any atom is 0.347 e. The summed E-state index contributed by atoms with van der Waals surface area (Å²) in [7, 11) is 0. The minimum atomic E-state index is -0.741. The molecular weight excluding hydrogens is 362 g/mol. The zero-order valence-corrected chi connectivity index (χ0v) is 15.5. The summed E-state index contributed by atoms with van der Waals surface area (Å²) in [5.41, 5.74) is 0.231. The first-order chi connectivity index (χ1) is 13.5. The summed E-state index contributed by atoms with van der Waals surface area (Å²) in [6.45, 7) is 2.42. The fraction of sp³-hybridized carbons (Fsp3) is 0.286. The average Bonchev–Trinajstić information content (AvgIpc) is 3.20. The van der Waals surface area contributed by atoms with Crippen molar-refractivity contribution < 1.29 is 28.6 Å². The number of nitrogens with one attached hydrogen (secondary N) is 1. The van der Waals surface area contributed by atoms with Gasteiger partial charge in [0.15, 0.2) is 0 Å². The molecule has 1 fully saturated rings. The van der Waals surface area contributed by atoms with E-state index in [-0.39, 0.29) is 35.3 Å². The van der Waals surface area contributed by atoms with Gasteiger partial charge in [0.05, 0.1) is 0 Å². The molecule has 2 aromatic carbocycles. The van der Waals surface area contributed by atoms with Crippen molar-refractivity contribution in [1.82, 2.24) is 5.32 Å². The highest BCUT2D eigenvalue weighted by atomic mass is 16.6. The Morgan fingerprint density at radius 3 is 2.14 bits per heavy atom. The van der Waals surface area contributed by atoms with Gasteiger partial charge in [0.2, 0.25) is 0 Å². The Bertz CT molecular complexity index is 873. The van der Waals surface area contributed by atoms with Gasteiger partial charge in [0.25, 0.3) is 0 Å². The highest BCUT2D eigenvalue weighted by molar-refractivity contribution is 5.98. The summed E-state index contributed by atoms with van der Waals surface area (Å²) < 4.78 is 15.8. The number of hydrogen-bond donors (Lipinski definition) is 1. The van der Waals surface area contributed by atoms with Crippen LogP contribution in [0.5, 0.6) is 11.5 Å². The third-order valence-corrected chi connectivity index (χ3v) is 4.25. The molecule has 7 nitrogen and oxygen atoms in total. The fourth-order valence-corrected chi connectivity index (χ4v) is 2.91. The van der Waals surface area contributed by atoms with Gasteiger partial charge in [-0.05, 0) is 43.7 Å². The van der Waals surface area contributed by atoms with Crippen LogP contribution < -0.4 is 14.8 Å². The van der Waals surface area contributed by atoms with Gasteiger partial charge in [-0.3, -0.25) is 4.79 Å². The van der Waals surface area contributed by atoms with E-state index in [1.807, 2.05) is 0 Å². The molecule has 7 heteroatoms. The summed E-state index contributed by atoms with van der Waals surface area (Å²) in [4.78, 5) is 36.3. The standard InChI is InChI=1S/C21H21NO6/c1-14(23)27-18-10-4-3-9-17(18)21(25)28-19-11-5-2-8-16(19)20(24)26-13-15-7-6-12-22-15/h2-5,8-11,15,22H,6-7,12-13H2,1H3. The van der Waals surface area contributed by atoms with Crippen LogP contribution in [0.2, 0.25) is 0 Å². The normalized spacial score (nSPS) is 15.7. The molecule has 1 atom stereocenters. The van der Waals surface area contributed by atoms with Gasteiger partial charge >= 0.3 is 17.9 Å². The van der Waals surface area contributed by atoms with E-state index >= 15 is 0 Å². The van der Waals surface area contributed by atoms with Gasteiger partial charge in [-0.25, -0.2) is 9.59 Å². The SMILES string of the molecule is CC(=O)Oc1ccccc1C(=O)Oc1ccccc1C(=O)OCC1CCCN1. The minimum Gasteiger partial charge on any atom is -0.460 e. The van der Waals surface area contributed by atoms with E-state index in [0.29, 0.717) is 0 Å². The molecule has 0 saturated carbocycles. The molecule has 0 radical (unpaired) electrons. The van der Waals surface area contributed by atoms with Crippen molar-refractivity contribution in [2.24, 2.45) is 0 Å². The molecular formula is C21H21NO6. The number of carbonyl (C=O) groups excluding carboxylic acids is 3. The number of carbonyl (C=O) groups is 3. The molecule has 1 saturated heterocycles. The van der Waals surface area contributed by atoms with Crippen LogP contribution in [0, 0.1) is 0 Å². The zero-order chi connectivity index (χ0) is 19.9. The molecule has 0 aromatic heterocycles. The molecule has 1 aliphatic heterocycles. The van der Waals surface area contributed by atoms with Crippen LogP contribution in [0.1, 0.15) is 40.5 Å². The summed E-state index contributed by atoms with van der Waals surface area (Å²) in [6, 6.07) is 12.7. The van der Waals surface area contributed by atoms with Crippen molar-refractivity contribution in [1.29, 1.82) is 0 Å². The van der Waals surface area contributed by atoms with Gasteiger partial charge in [0.1, 0.15) is 29.2 Å². The van der Waals surface area contributed by atoms with E-state index in [0.717, 1.165) is 19.4 Å². The molecule has 1 heterocycles.